The van der Waals surface area contributed by atoms with Crippen LogP contribution in [0, 0.1) is 0 Å². The number of nitrogens with two attached hydrogens (primary N) is 1. The van der Waals surface area contributed by atoms with E-state index in [9.17, 15) is 8.42 Å². The molecule has 2 aromatic rings. The zero-order valence-corrected chi connectivity index (χ0v) is 12.1. The van der Waals surface area contributed by atoms with Crippen LogP contribution >= 0.6 is 0 Å². The van der Waals surface area contributed by atoms with Crippen molar-refractivity contribution in [1.82, 2.24) is 5.32 Å². The highest BCUT2D eigenvalue weighted by molar-refractivity contribution is 7.89. The average molecular weight is 294 g/mol. The van der Waals surface area contributed by atoms with Crippen molar-refractivity contribution in [2.24, 2.45) is 5.14 Å². The van der Waals surface area contributed by atoms with Crippen molar-refractivity contribution in [3.05, 3.63) is 54.0 Å². The number of nitrogens with one attached hydrogen (secondary N) is 1. The zero-order valence-electron chi connectivity index (χ0n) is 11.2. The largest absolute Gasteiger partial charge is 0.469 e. The first-order chi connectivity index (χ1) is 9.45. The number of benzene rings is 1. The minimum Gasteiger partial charge on any atom is -0.469 e. The summed E-state index contributed by atoms with van der Waals surface area (Å²) in [6, 6.07) is 10.6. The monoisotopic (exact) mass is 294 g/mol. The van der Waals surface area contributed by atoms with E-state index in [1.807, 2.05) is 12.1 Å². The van der Waals surface area contributed by atoms with Gasteiger partial charge in [0.1, 0.15) is 5.76 Å². The van der Waals surface area contributed by atoms with E-state index < -0.39 is 10.0 Å². The molecule has 2 rings (SSSR count). The molecule has 0 spiro atoms. The molecule has 0 aliphatic carbocycles. The molecule has 1 atom stereocenters. The Morgan fingerprint density at radius 2 is 1.95 bits per heavy atom. The summed E-state index contributed by atoms with van der Waals surface area (Å²) < 4.78 is 27.6. The number of hydrogen-bond acceptors (Lipinski definition) is 4. The van der Waals surface area contributed by atoms with Gasteiger partial charge in [0, 0.05) is 19.0 Å². The molecule has 1 aromatic heterocycles. The minimum atomic E-state index is -3.62. The summed E-state index contributed by atoms with van der Waals surface area (Å²) in [7, 11) is -3.62. The van der Waals surface area contributed by atoms with Gasteiger partial charge < -0.3 is 9.73 Å². The van der Waals surface area contributed by atoms with Crippen LogP contribution in [0.2, 0.25) is 0 Å². The Kier molecular flexibility index (Phi) is 4.59. The molecule has 3 N–H and O–H groups in total. The molecule has 5 nitrogen and oxygen atoms in total. The second-order valence-electron chi connectivity index (χ2n) is 4.75. The van der Waals surface area contributed by atoms with Crippen molar-refractivity contribution in [2.45, 2.75) is 30.8 Å². The highest BCUT2D eigenvalue weighted by Gasteiger charge is 2.08. The third-order valence-electron chi connectivity index (χ3n) is 2.99. The molecule has 0 saturated carbocycles. The van der Waals surface area contributed by atoms with Gasteiger partial charge in [-0.3, -0.25) is 0 Å². The number of sulfonamides is 1. The van der Waals surface area contributed by atoms with E-state index in [-0.39, 0.29) is 10.9 Å². The second-order valence-corrected chi connectivity index (χ2v) is 6.32. The summed E-state index contributed by atoms with van der Waals surface area (Å²) in [6.45, 7) is 2.73. The quantitative estimate of drug-likeness (QED) is 0.848. The van der Waals surface area contributed by atoms with Gasteiger partial charge in [-0.25, -0.2) is 13.6 Å². The number of hydrogen-bond donors (Lipinski definition) is 2. The smallest absolute Gasteiger partial charge is 0.238 e. The van der Waals surface area contributed by atoms with Crippen molar-refractivity contribution in [2.75, 3.05) is 0 Å². The molecule has 0 bridgehead atoms. The SMILES string of the molecule is CC(Cc1ccco1)NCc1ccc(S(N)(=O)=O)cc1. The Morgan fingerprint density at radius 1 is 1.25 bits per heavy atom. The van der Waals surface area contributed by atoms with Crippen LogP contribution in [-0.4, -0.2) is 14.5 Å². The number of primary sulfonamides is 1. The average Bonchev–Trinajstić information content (AvgIpc) is 2.88. The van der Waals surface area contributed by atoms with E-state index in [4.69, 9.17) is 9.56 Å². The lowest BCUT2D eigenvalue weighted by Gasteiger charge is -2.12. The van der Waals surface area contributed by atoms with Gasteiger partial charge in [0.05, 0.1) is 11.2 Å². The maximum atomic E-state index is 11.1. The summed E-state index contributed by atoms with van der Waals surface area (Å²) in [5.41, 5.74) is 1.00. The second kappa shape index (κ2) is 6.21. The molecule has 0 fully saturated rings. The highest BCUT2D eigenvalue weighted by atomic mass is 32.2. The van der Waals surface area contributed by atoms with Crippen LogP contribution in [0.5, 0.6) is 0 Å². The van der Waals surface area contributed by atoms with Gasteiger partial charge in [-0.15, -0.1) is 0 Å². The van der Waals surface area contributed by atoms with Crippen molar-refractivity contribution in [3.8, 4) is 0 Å². The molecule has 108 valence electrons. The number of rotatable bonds is 6. The molecular formula is C14H18N2O3S. The fourth-order valence-corrected chi connectivity index (χ4v) is 2.41. The molecule has 0 aliphatic rings. The van der Waals surface area contributed by atoms with E-state index in [1.54, 1.807) is 18.4 Å². The summed E-state index contributed by atoms with van der Waals surface area (Å²) in [5, 5.41) is 8.41. The van der Waals surface area contributed by atoms with E-state index in [0.717, 1.165) is 17.7 Å². The van der Waals surface area contributed by atoms with Crippen LogP contribution in [0.1, 0.15) is 18.2 Å². The van der Waals surface area contributed by atoms with Gasteiger partial charge in [0.2, 0.25) is 10.0 Å². The molecular weight excluding hydrogens is 276 g/mol. The van der Waals surface area contributed by atoms with Crippen molar-refractivity contribution >= 4 is 10.0 Å². The van der Waals surface area contributed by atoms with Gasteiger partial charge in [0.15, 0.2) is 0 Å². The van der Waals surface area contributed by atoms with Gasteiger partial charge in [-0.2, -0.15) is 0 Å². The minimum absolute atomic E-state index is 0.130. The lowest BCUT2D eigenvalue weighted by atomic mass is 10.1. The normalized spacial score (nSPS) is 13.3. The predicted molar refractivity (Wildman–Crippen MR) is 76.5 cm³/mol. The summed E-state index contributed by atoms with van der Waals surface area (Å²) in [5.74, 6) is 0.939. The van der Waals surface area contributed by atoms with Crippen LogP contribution in [0.25, 0.3) is 0 Å². The Labute approximate surface area is 118 Å². The van der Waals surface area contributed by atoms with Crippen molar-refractivity contribution < 1.29 is 12.8 Å². The van der Waals surface area contributed by atoms with E-state index in [1.165, 1.54) is 12.1 Å². The third kappa shape index (κ3) is 4.19. The standard InChI is InChI=1S/C14H18N2O3S/c1-11(9-13-3-2-8-19-13)16-10-12-4-6-14(7-5-12)20(15,17)18/h2-8,11,16H,9-10H2,1H3,(H2,15,17,18). The molecule has 1 heterocycles. The van der Waals surface area contributed by atoms with Crippen LogP contribution in [0.3, 0.4) is 0 Å². The first kappa shape index (κ1) is 14.8. The van der Waals surface area contributed by atoms with Crippen molar-refractivity contribution in [1.29, 1.82) is 0 Å². The van der Waals surface area contributed by atoms with E-state index >= 15 is 0 Å². The summed E-state index contributed by atoms with van der Waals surface area (Å²) >= 11 is 0. The predicted octanol–water partition coefficient (Wildman–Crippen LogP) is 1.65. The number of furan rings is 1. The lowest BCUT2D eigenvalue weighted by molar-refractivity contribution is 0.456. The highest BCUT2D eigenvalue weighted by Crippen LogP contribution is 2.09. The maximum absolute atomic E-state index is 11.1. The molecule has 0 radical (unpaired) electrons. The molecule has 0 aliphatic heterocycles. The Bertz CT molecular complexity index is 634. The van der Waals surface area contributed by atoms with E-state index in [0.29, 0.717) is 6.54 Å². The van der Waals surface area contributed by atoms with Gasteiger partial charge in [0.25, 0.3) is 0 Å². The third-order valence-corrected chi connectivity index (χ3v) is 3.92. The molecule has 1 unspecified atom stereocenters. The van der Waals surface area contributed by atoms with Crippen LogP contribution in [0.4, 0.5) is 0 Å². The fraction of sp³-hybridized carbons (Fsp3) is 0.286. The summed E-state index contributed by atoms with van der Waals surface area (Å²) in [6.07, 6.45) is 2.47. The fourth-order valence-electron chi connectivity index (χ4n) is 1.89. The maximum Gasteiger partial charge on any atom is 0.238 e. The molecule has 20 heavy (non-hydrogen) atoms. The van der Waals surface area contributed by atoms with Crippen LogP contribution in [0.15, 0.2) is 52.0 Å². The van der Waals surface area contributed by atoms with E-state index in [2.05, 4.69) is 12.2 Å². The first-order valence-electron chi connectivity index (χ1n) is 6.32. The van der Waals surface area contributed by atoms with Crippen LogP contribution in [-0.2, 0) is 23.0 Å². The zero-order chi connectivity index (χ0) is 14.6. The van der Waals surface area contributed by atoms with Gasteiger partial charge in [-0.1, -0.05) is 12.1 Å². The topological polar surface area (TPSA) is 85.3 Å². The van der Waals surface area contributed by atoms with Crippen LogP contribution < -0.4 is 10.5 Å². The van der Waals surface area contributed by atoms with Gasteiger partial charge in [-0.05, 0) is 36.8 Å². The Hall–Kier alpha value is -1.63. The Balaban J connectivity index is 1.88. The Morgan fingerprint density at radius 3 is 2.50 bits per heavy atom. The first-order valence-corrected chi connectivity index (χ1v) is 7.87. The van der Waals surface area contributed by atoms with Gasteiger partial charge >= 0.3 is 0 Å². The molecule has 0 amide bonds. The van der Waals surface area contributed by atoms with Crippen molar-refractivity contribution in [3.63, 3.8) is 0 Å². The molecule has 6 heteroatoms. The molecule has 1 aromatic carbocycles. The lowest BCUT2D eigenvalue weighted by Crippen LogP contribution is -2.27. The molecule has 0 saturated heterocycles. The summed E-state index contributed by atoms with van der Waals surface area (Å²) in [4.78, 5) is 0.130.